The van der Waals surface area contributed by atoms with Crippen molar-refractivity contribution in [2.45, 2.75) is 0 Å². The molecular formula is C14H10N2O4. The Morgan fingerprint density at radius 3 is 2.10 bits per heavy atom. The number of carbonyl (C=O) groups excluding carboxylic acids is 1. The lowest BCUT2D eigenvalue weighted by Gasteiger charge is -2.03. The van der Waals surface area contributed by atoms with Crippen LogP contribution in [0, 0.1) is 10.1 Å². The molecule has 0 radical (unpaired) electrons. The molecule has 2 rings (SSSR count). The fourth-order valence-corrected chi connectivity index (χ4v) is 1.70. The zero-order valence-electron chi connectivity index (χ0n) is 10.3. The molecule has 0 bridgehead atoms. The second kappa shape index (κ2) is 5.75. The molecule has 1 N–H and O–H groups in total. The quantitative estimate of drug-likeness (QED) is 0.304. The van der Waals surface area contributed by atoms with Crippen LogP contribution in [0.15, 0.2) is 59.8 Å². The number of rotatable bonds is 4. The third-order valence-electron chi connectivity index (χ3n) is 2.70. The van der Waals surface area contributed by atoms with Crippen LogP contribution in [0.5, 0.6) is 0 Å². The van der Waals surface area contributed by atoms with Crippen LogP contribution in [0.3, 0.4) is 0 Å². The van der Waals surface area contributed by atoms with Gasteiger partial charge >= 0.3 is 0 Å². The predicted octanol–water partition coefficient (Wildman–Crippen LogP) is 2.66. The summed E-state index contributed by atoms with van der Waals surface area (Å²) in [4.78, 5) is 22.2. The number of nitrogens with zero attached hydrogens (tertiary/aromatic N) is 2. The van der Waals surface area contributed by atoms with Crippen LogP contribution in [0.1, 0.15) is 15.9 Å². The van der Waals surface area contributed by atoms with E-state index in [2.05, 4.69) is 5.16 Å². The summed E-state index contributed by atoms with van der Waals surface area (Å²) < 4.78 is 0. The lowest BCUT2D eigenvalue weighted by molar-refractivity contribution is -0.384. The van der Waals surface area contributed by atoms with E-state index in [1.165, 1.54) is 24.3 Å². The van der Waals surface area contributed by atoms with Crippen LogP contribution < -0.4 is 0 Å². The van der Waals surface area contributed by atoms with Gasteiger partial charge in [-0.2, -0.15) is 0 Å². The molecule has 100 valence electrons. The lowest BCUT2D eigenvalue weighted by Crippen LogP contribution is -2.15. The van der Waals surface area contributed by atoms with E-state index in [0.717, 1.165) is 0 Å². The van der Waals surface area contributed by atoms with Gasteiger partial charge in [0.05, 0.1) is 4.92 Å². The van der Waals surface area contributed by atoms with Gasteiger partial charge in [-0.05, 0) is 12.1 Å². The molecule has 0 spiro atoms. The standard InChI is InChI=1S/C14H10N2O4/c17-14(11-6-8-12(9-7-11)16(19)20)13(15-18)10-4-2-1-3-5-10/h1-9,18H/b15-13+. The van der Waals surface area contributed by atoms with Gasteiger partial charge in [0, 0.05) is 23.3 Å². The summed E-state index contributed by atoms with van der Waals surface area (Å²) in [5, 5.41) is 22.6. The van der Waals surface area contributed by atoms with Gasteiger partial charge in [0.1, 0.15) is 0 Å². The van der Waals surface area contributed by atoms with Crippen LogP contribution in [-0.4, -0.2) is 21.6 Å². The van der Waals surface area contributed by atoms with Gasteiger partial charge in [0.25, 0.3) is 5.69 Å². The first kappa shape index (κ1) is 13.4. The molecule has 0 saturated heterocycles. The molecule has 0 aromatic heterocycles. The van der Waals surface area contributed by atoms with Gasteiger partial charge in [-0.25, -0.2) is 0 Å². The number of hydrogen-bond acceptors (Lipinski definition) is 5. The highest BCUT2D eigenvalue weighted by Crippen LogP contribution is 2.14. The molecule has 0 aliphatic rings. The molecule has 2 aromatic rings. The Balaban J connectivity index is 2.33. The van der Waals surface area contributed by atoms with Crippen LogP contribution in [0.25, 0.3) is 0 Å². The molecule has 0 unspecified atom stereocenters. The molecule has 0 aliphatic heterocycles. The van der Waals surface area contributed by atoms with E-state index < -0.39 is 10.7 Å². The molecule has 6 heteroatoms. The van der Waals surface area contributed by atoms with Crippen molar-refractivity contribution < 1.29 is 14.9 Å². The smallest absolute Gasteiger partial charge is 0.269 e. The van der Waals surface area contributed by atoms with Crippen molar-refractivity contribution in [3.05, 3.63) is 75.8 Å². The number of oxime groups is 1. The summed E-state index contributed by atoms with van der Waals surface area (Å²) in [5.74, 6) is -0.506. The second-order valence-corrected chi connectivity index (χ2v) is 3.95. The van der Waals surface area contributed by atoms with E-state index in [0.29, 0.717) is 5.56 Å². The zero-order valence-corrected chi connectivity index (χ0v) is 10.3. The number of non-ortho nitro benzene ring substituents is 1. The van der Waals surface area contributed by atoms with E-state index in [9.17, 15) is 14.9 Å². The first-order valence-corrected chi connectivity index (χ1v) is 5.70. The number of nitro benzene ring substituents is 1. The largest absolute Gasteiger partial charge is 0.410 e. The van der Waals surface area contributed by atoms with Crippen molar-refractivity contribution in [1.29, 1.82) is 0 Å². The molecule has 0 aliphatic carbocycles. The minimum absolute atomic E-state index is 0.108. The van der Waals surface area contributed by atoms with Gasteiger partial charge in [0.15, 0.2) is 5.71 Å². The van der Waals surface area contributed by atoms with E-state index in [-0.39, 0.29) is 17.0 Å². The maximum Gasteiger partial charge on any atom is 0.269 e. The Morgan fingerprint density at radius 1 is 1.00 bits per heavy atom. The average Bonchev–Trinajstić information content (AvgIpc) is 2.49. The van der Waals surface area contributed by atoms with Crippen LogP contribution in [-0.2, 0) is 0 Å². The Labute approximate surface area is 114 Å². The zero-order chi connectivity index (χ0) is 14.5. The van der Waals surface area contributed by atoms with Crippen LogP contribution >= 0.6 is 0 Å². The topological polar surface area (TPSA) is 92.8 Å². The Bertz CT molecular complexity index is 663. The number of Topliss-reactive ketones (excluding diaryl/α,β-unsaturated/α-hetero) is 1. The maximum absolute atomic E-state index is 12.2. The highest BCUT2D eigenvalue weighted by atomic mass is 16.6. The third kappa shape index (κ3) is 2.69. The number of benzene rings is 2. The highest BCUT2D eigenvalue weighted by Gasteiger charge is 2.17. The number of nitro groups is 1. The minimum atomic E-state index is -0.549. The Morgan fingerprint density at radius 2 is 1.60 bits per heavy atom. The number of carbonyl (C=O) groups is 1. The first-order valence-electron chi connectivity index (χ1n) is 5.70. The average molecular weight is 270 g/mol. The molecule has 0 heterocycles. The third-order valence-corrected chi connectivity index (χ3v) is 2.70. The van der Waals surface area contributed by atoms with Crippen molar-refractivity contribution in [3.63, 3.8) is 0 Å². The fraction of sp³-hybridized carbons (Fsp3) is 0. The summed E-state index contributed by atoms with van der Waals surface area (Å²) in [5.41, 5.74) is 0.466. The minimum Gasteiger partial charge on any atom is -0.410 e. The van der Waals surface area contributed by atoms with E-state index in [4.69, 9.17) is 5.21 Å². The van der Waals surface area contributed by atoms with Crippen molar-refractivity contribution in [2.24, 2.45) is 5.16 Å². The van der Waals surface area contributed by atoms with Crippen molar-refractivity contribution in [2.75, 3.05) is 0 Å². The van der Waals surface area contributed by atoms with Gasteiger partial charge in [-0.1, -0.05) is 35.5 Å². The van der Waals surface area contributed by atoms with Crippen molar-refractivity contribution in [1.82, 2.24) is 0 Å². The molecule has 2 aromatic carbocycles. The Kier molecular flexibility index (Phi) is 3.85. The van der Waals surface area contributed by atoms with Crippen LogP contribution in [0.4, 0.5) is 5.69 Å². The molecule has 0 fully saturated rings. The molecule has 0 saturated carbocycles. The van der Waals surface area contributed by atoms with Gasteiger partial charge in [-0.3, -0.25) is 14.9 Å². The van der Waals surface area contributed by atoms with Crippen molar-refractivity contribution in [3.8, 4) is 0 Å². The fourth-order valence-electron chi connectivity index (χ4n) is 1.70. The molecular weight excluding hydrogens is 260 g/mol. The maximum atomic E-state index is 12.2. The second-order valence-electron chi connectivity index (χ2n) is 3.95. The molecule has 20 heavy (non-hydrogen) atoms. The summed E-state index contributed by atoms with van der Waals surface area (Å²) in [7, 11) is 0. The molecule has 0 amide bonds. The predicted molar refractivity (Wildman–Crippen MR) is 72.2 cm³/mol. The van der Waals surface area contributed by atoms with E-state index in [1.807, 2.05) is 0 Å². The number of hydrogen-bond donors (Lipinski definition) is 1. The van der Waals surface area contributed by atoms with Gasteiger partial charge in [0.2, 0.25) is 5.78 Å². The lowest BCUT2D eigenvalue weighted by atomic mass is 10.0. The number of ketones is 1. The normalized spacial score (nSPS) is 11.1. The Hall–Kier alpha value is -3.02. The van der Waals surface area contributed by atoms with Crippen molar-refractivity contribution >= 4 is 17.2 Å². The van der Waals surface area contributed by atoms with E-state index >= 15 is 0 Å². The first-order chi connectivity index (χ1) is 9.63. The van der Waals surface area contributed by atoms with E-state index in [1.54, 1.807) is 30.3 Å². The van der Waals surface area contributed by atoms with Gasteiger partial charge in [-0.15, -0.1) is 0 Å². The SMILES string of the molecule is O=C(/C(=N/O)c1ccccc1)c1ccc([N+](=O)[O-])cc1. The summed E-state index contributed by atoms with van der Waals surface area (Å²) in [6.07, 6.45) is 0. The summed E-state index contributed by atoms with van der Waals surface area (Å²) >= 11 is 0. The summed E-state index contributed by atoms with van der Waals surface area (Å²) in [6, 6.07) is 13.6. The molecule has 6 nitrogen and oxygen atoms in total. The summed E-state index contributed by atoms with van der Waals surface area (Å²) in [6.45, 7) is 0. The molecule has 0 atom stereocenters. The van der Waals surface area contributed by atoms with Gasteiger partial charge < -0.3 is 5.21 Å². The highest BCUT2D eigenvalue weighted by molar-refractivity contribution is 6.51. The van der Waals surface area contributed by atoms with Crippen LogP contribution in [0.2, 0.25) is 0 Å². The monoisotopic (exact) mass is 270 g/mol.